The molecule has 18 heavy (non-hydrogen) atoms. The van der Waals surface area contributed by atoms with E-state index in [-0.39, 0.29) is 5.78 Å². The molecular formula is C12H11N3OS2. The van der Waals surface area contributed by atoms with Crippen LogP contribution in [0, 0.1) is 11.3 Å². The van der Waals surface area contributed by atoms with Crippen LogP contribution in [0.3, 0.4) is 0 Å². The van der Waals surface area contributed by atoms with Crippen LogP contribution >= 0.6 is 22.7 Å². The fourth-order valence-corrected chi connectivity index (χ4v) is 2.97. The van der Waals surface area contributed by atoms with Crippen LogP contribution in [-0.4, -0.2) is 15.8 Å². The smallest absolute Gasteiger partial charge is 0.206 e. The van der Waals surface area contributed by atoms with Gasteiger partial charge in [0.05, 0.1) is 17.3 Å². The van der Waals surface area contributed by atoms with Gasteiger partial charge >= 0.3 is 0 Å². The molecule has 0 aliphatic rings. The topological polar surface area (TPSA) is 66.6 Å². The van der Waals surface area contributed by atoms with Gasteiger partial charge in [-0.2, -0.15) is 5.26 Å². The fourth-order valence-electron chi connectivity index (χ4n) is 1.41. The summed E-state index contributed by atoms with van der Waals surface area (Å²) < 4.78 is 0. The van der Waals surface area contributed by atoms with Crippen molar-refractivity contribution >= 4 is 28.5 Å². The number of rotatable bonds is 4. The van der Waals surface area contributed by atoms with Crippen molar-refractivity contribution < 1.29 is 4.79 Å². The van der Waals surface area contributed by atoms with Gasteiger partial charge in [0.25, 0.3) is 0 Å². The molecule has 0 aromatic carbocycles. The Bertz CT molecular complexity index is 581. The lowest BCUT2D eigenvalue weighted by atomic mass is 10.0. The molecule has 6 heteroatoms. The van der Waals surface area contributed by atoms with Gasteiger partial charge in [-0.1, -0.05) is 13.8 Å². The van der Waals surface area contributed by atoms with E-state index < -0.39 is 5.92 Å². The number of nitriles is 1. The first kappa shape index (κ1) is 12.9. The molecule has 2 aromatic rings. The van der Waals surface area contributed by atoms with E-state index in [1.165, 1.54) is 22.7 Å². The molecule has 0 fully saturated rings. The van der Waals surface area contributed by atoms with Gasteiger partial charge < -0.3 is 0 Å². The summed E-state index contributed by atoms with van der Waals surface area (Å²) in [6.07, 6.45) is 0. The Morgan fingerprint density at radius 1 is 1.44 bits per heavy atom. The SMILES string of the molecule is CC(C)c1csc([C@@H](C#N)C(=O)c2cscn2)n1. The quantitative estimate of drug-likeness (QED) is 0.805. The highest BCUT2D eigenvalue weighted by molar-refractivity contribution is 7.10. The van der Waals surface area contributed by atoms with Gasteiger partial charge in [-0.25, -0.2) is 9.97 Å². The van der Waals surface area contributed by atoms with Crippen LogP contribution in [0.1, 0.15) is 46.9 Å². The number of ketones is 1. The Morgan fingerprint density at radius 3 is 2.72 bits per heavy atom. The zero-order valence-corrected chi connectivity index (χ0v) is 11.6. The molecule has 0 radical (unpaired) electrons. The van der Waals surface area contributed by atoms with E-state index in [0.29, 0.717) is 16.6 Å². The van der Waals surface area contributed by atoms with Gasteiger partial charge in [-0.05, 0) is 5.92 Å². The molecule has 1 atom stereocenters. The van der Waals surface area contributed by atoms with Crippen molar-refractivity contribution in [3.05, 3.63) is 32.7 Å². The van der Waals surface area contributed by atoms with Crippen LogP contribution in [0.2, 0.25) is 0 Å². The van der Waals surface area contributed by atoms with Gasteiger partial charge in [0.2, 0.25) is 5.78 Å². The maximum absolute atomic E-state index is 12.1. The van der Waals surface area contributed by atoms with Gasteiger partial charge in [0, 0.05) is 10.8 Å². The number of thiazole rings is 2. The standard InChI is InChI=1S/C12H11N3OS2/c1-7(2)9-5-18-12(15-9)8(3-13)11(16)10-4-17-6-14-10/h4-8H,1-2H3/t8-/m0/s1. The minimum atomic E-state index is -0.843. The van der Waals surface area contributed by atoms with Crippen molar-refractivity contribution in [2.45, 2.75) is 25.7 Å². The largest absolute Gasteiger partial charge is 0.290 e. The predicted octanol–water partition coefficient (Wildman–Crippen LogP) is 3.21. The Morgan fingerprint density at radius 2 is 2.22 bits per heavy atom. The van der Waals surface area contributed by atoms with E-state index in [9.17, 15) is 4.79 Å². The summed E-state index contributed by atoms with van der Waals surface area (Å²) in [5.41, 5.74) is 2.84. The van der Waals surface area contributed by atoms with Crippen molar-refractivity contribution in [2.24, 2.45) is 0 Å². The molecule has 0 amide bonds. The number of carbonyl (C=O) groups is 1. The normalized spacial score (nSPS) is 12.3. The summed E-state index contributed by atoms with van der Waals surface area (Å²) in [6, 6.07) is 2.02. The highest BCUT2D eigenvalue weighted by atomic mass is 32.1. The summed E-state index contributed by atoms with van der Waals surface area (Å²) in [7, 11) is 0. The molecular weight excluding hydrogens is 266 g/mol. The molecule has 0 saturated carbocycles. The van der Waals surface area contributed by atoms with E-state index in [1.807, 2.05) is 25.3 Å². The number of Topliss-reactive ketones (excluding diaryl/α,β-unsaturated/α-hetero) is 1. The number of aromatic nitrogens is 2. The molecule has 0 spiro atoms. The van der Waals surface area contributed by atoms with Crippen molar-refractivity contribution in [3.63, 3.8) is 0 Å². The summed E-state index contributed by atoms with van der Waals surface area (Å²) in [5.74, 6) is -0.822. The zero-order valence-electron chi connectivity index (χ0n) is 9.95. The number of carbonyl (C=O) groups excluding carboxylic acids is 1. The van der Waals surface area contributed by atoms with Crippen LogP contribution in [0.15, 0.2) is 16.3 Å². The minimum absolute atomic E-state index is 0.275. The lowest BCUT2D eigenvalue weighted by Gasteiger charge is -2.02. The molecule has 2 aromatic heterocycles. The third-order valence-corrected chi connectivity index (χ3v) is 3.97. The van der Waals surface area contributed by atoms with Crippen LogP contribution in [0.5, 0.6) is 0 Å². The summed E-state index contributed by atoms with van der Waals surface area (Å²) in [4.78, 5) is 20.4. The molecule has 0 N–H and O–H groups in total. The second kappa shape index (κ2) is 5.38. The van der Waals surface area contributed by atoms with E-state index in [0.717, 1.165) is 5.69 Å². The Kier molecular flexibility index (Phi) is 3.84. The van der Waals surface area contributed by atoms with Crippen molar-refractivity contribution in [2.75, 3.05) is 0 Å². The summed E-state index contributed by atoms with van der Waals surface area (Å²) in [6.45, 7) is 4.06. The molecule has 2 rings (SSSR count). The van der Waals surface area contributed by atoms with E-state index in [1.54, 1.807) is 10.9 Å². The monoisotopic (exact) mass is 277 g/mol. The van der Waals surface area contributed by atoms with Gasteiger partial charge in [0.15, 0.2) is 5.92 Å². The van der Waals surface area contributed by atoms with Crippen LogP contribution in [-0.2, 0) is 0 Å². The second-order valence-electron chi connectivity index (χ2n) is 4.07. The first-order chi connectivity index (χ1) is 8.63. The molecule has 0 aliphatic heterocycles. The first-order valence-electron chi connectivity index (χ1n) is 5.40. The molecule has 92 valence electrons. The third-order valence-electron chi connectivity index (χ3n) is 2.45. The number of nitrogens with zero attached hydrogens (tertiary/aromatic N) is 3. The van der Waals surface area contributed by atoms with E-state index >= 15 is 0 Å². The minimum Gasteiger partial charge on any atom is -0.290 e. The fraction of sp³-hybridized carbons (Fsp3) is 0.333. The Balaban J connectivity index is 2.29. The summed E-state index contributed by atoms with van der Waals surface area (Å²) >= 11 is 2.70. The van der Waals surface area contributed by atoms with Crippen molar-refractivity contribution in [3.8, 4) is 6.07 Å². The lowest BCUT2D eigenvalue weighted by molar-refractivity contribution is 0.0974. The molecule has 2 heterocycles. The van der Waals surface area contributed by atoms with Crippen molar-refractivity contribution in [1.29, 1.82) is 5.26 Å². The average Bonchev–Trinajstić information content (AvgIpc) is 3.01. The first-order valence-corrected chi connectivity index (χ1v) is 7.23. The third kappa shape index (κ3) is 2.47. The number of hydrogen-bond acceptors (Lipinski definition) is 6. The highest BCUT2D eigenvalue weighted by Gasteiger charge is 2.26. The van der Waals surface area contributed by atoms with E-state index in [4.69, 9.17) is 5.26 Å². The maximum atomic E-state index is 12.1. The highest BCUT2D eigenvalue weighted by Crippen LogP contribution is 2.26. The molecule has 4 nitrogen and oxygen atoms in total. The second-order valence-corrected chi connectivity index (χ2v) is 5.67. The van der Waals surface area contributed by atoms with Crippen LogP contribution in [0.25, 0.3) is 0 Å². The lowest BCUT2D eigenvalue weighted by Crippen LogP contribution is -2.11. The van der Waals surface area contributed by atoms with Gasteiger partial charge in [-0.15, -0.1) is 22.7 Å². The predicted molar refractivity (Wildman–Crippen MR) is 71.0 cm³/mol. The average molecular weight is 277 g/mol. The van der Waals surface area contributed by atoms with Gasteiger partial charge in [0.1, 0.15) is 10.7 Å². The maximum Gasteiger partial charge on any atom is 0.206 e. The zero-order chi connectivity index (χ0) is 13.1. The van der Waals surface area contributed by atoms with Crippen LogP contribution in [0.4, 0.5) is 0 Å². The number of hydrogen-bond donors (Lipinski definition) is 0. The Labute approximate surface area is 113 Å². The molecule has 0 unspecified atom stereocenters. The summed E-state index contributed by atoms with van der Waals surface area (Å²) in [5, 5.41) is 13.3. The van der Waals surface area contributed by atoms with Gasteiger partial charge in [-0.3, -0.25) is 4.79 Å². The molecule has 0 bridgehead atoms. The van der Waals surface area contributed by atoms with Crippen LogP contribution < -0.4 is 0 Å². The molecule has 0 aliphatic carbocycles. The Hall–Kier alpha value is -1.58. The van der Waals surface area contributed by atoms with Crippen molar-refractivity contribution in [1.82, 2.24) is 9.97 Å². The van der Waals surface area contributed by atoms with E-state index in [2.05, 4.69) is 9.97 Å². The molecule has 0 saturated heterocycles.